The molecular weight excluding hydrogens is 362 g/mol. The molecule has 1 aliphatic rings. The number of amides is 3. The molecule has 26 heavy (non-hydrogen) atoms. The number of carbonyl (C=O) groups is 2. The second kappa shape index (κ2) is 7.01. The molecule has 1 fully saturated rings. The van der Waals surface area contributed by atoms with Gasteiger partial charge in [-0.25, -0.2) is 4.79 Å². The van der Waals surface area contributed by atoms with Crippen LogP contribution < -0.4 is 5.32 Å². The molecule has 2 aromatic rings. The van der Waals surface area contributed by atoms with Gasteiger partial charge < -0.3 is 9.73 Å². The minimum absolute atomic E-state index is 0.122. The Morgan fingerprint density at radius 2 is 2.08 bits per heavy atom. The number of carbonyl (C=O) groups excluding carboxylic acids is 2. The van der Waals surface area contributed by atoms with Gasteiger partial charge in [0.05, 0.1) is 9.95 Å². The molecule has 9 heteroatoms. The molecular formula is C17H14ClN3O5. The van der Waals surface area contributed by atoms with Crippen molar-refractivity contribution < 1.29 is 18.9 Å². The van der Waals surface area contributed by atoms with E-state index in [1.165, 1.54) is 24.3 Å². The highest BCUT2D eigenvalue weighted by atomic mass is 35.5. The fraction of sp³-hybridized carbons (Fsp3) is 0.176. The van der Waals surface area contributed by atoms with Gasteiger partial charge in [0.1, 0.15) is 17.2 Å². The first-order chi connectivity index (χ1) is 12.4. The fourth-order valence-corrected chi connectivity index (χ4v) is 2.80. The van der Waals surface area contributed by atoms with Crippen molar-refractivity contribution in [1.82, 2.24) is 10.2 Å². The molecule has 1 saturated heterocycles. The number of halogens is 1. The van der Waals surface area contributed by atoms with E-state index >= 15 is 0 Å². The summed E-state index contributed by atoms with van der Waals surface area (Å²) in [6.45, 7) is 2.21. The molecule has 0 spiro atoms. The van der Waals surface area contributed by atoms with Crippen molar-refractivity contribution in [2.75, 3.05) is 6.54 Å². The first-order valence-electron chi connectivity index (χ1n) is 7.79. The zero-order valence-electron chi connectivity index (χ0n) is 13.7. The molecule has 0 radical (unpaired) electrons. The minimum atomic E-state index is -0.538. The Labute approximate surface area is 153 Å². The molecule has 0 saturated carbocycles. The lowest BCUT2D eigenvalue weighted by molar-refractivity contribution is -0.384. The Bertz CT molecular complexity index is 934. The Balaban J connectivity index is 1.86. The Morgan fingerprint density at radius 3 is 2.73 bits per heavy atom. The highest BCUT2D eigenvalue weighted by Gasteiger charge is 2.32. The zero-order chi connectivity index (χ0) is 18.8. The van der Waals surface area contributed by atoms with Crippen molar-refractivity contribution in [3.63, 3.8) is 0 Å². The number of benzene rings is 1. The third kappa shape index (κ3) is 3.31. The quantitative estimate of drug-likeness (QED) is 0.370. The van der Waals surface area contributed by atoms with Crippen LogP contribution in [0.2, 0.25) is 5.02 Å². The van der Waals surface area contributed by atoms with Crippen LogP contribution in [-0.4, -0.2) is 28.3 Å². The van der Waals surface area contributed by atoms with Crippen molar-refractivity contribution in [2.24, 2.45) is 0 Å². The SMILES string of the molecule is CCCN1C(=O)N/C(=C/c2ccc(-c3ccc([N+](=O)[O-])cc3Cl)o2)C1=O. The fourth-order valence-electron chi connectivity index (χ4n) is 2.53. The lowest BCUT2D eigenvalue weighted by atomic mass is 10.1. The van der Waals surface area contributed by atoms with Crippen molar-refractivity contribution in [1.29, 1.82) is 0 Å². The van der Waals surface area contributed by atoms with Crippen LogP contribution in [0.25, 0.3) is 17.4 Å². The summed E-state index contributed by atoms with van der Waals surface area (Å²) in [6.07, 6.45) is 2.09. The third-order valence-corrected chi connectivity index (χ3v) is 4.06. The lowest BCUT2D eigenvalue weighted by Crippen LogP contribution is -2.31. The monoisotopic (exact) mass is 375 g/mol. The maximum Gasteiger partial charge on any atom is 0.329 e. The first-order valence-corrected chi connectivity index (χ1v) is 8.17. The summed E-state index contributed by atoms with van der Waals surface area (Å²) in [7, 11) is 0. The number of nitrogens with zero attached hydrogens (tertiary/aromatic N) is 2. The van der Waals surface area contributed by atoms with E-state index in [0.717, 1.165) is 4.90 Å². The van der Waals surface area contributed by atoms with E-state index in [1.54, 1.807) is 12.1 Å². The molecule has 1 N–H and O–H groups in total. The van der Waals surface area contributed by atoms with E-state index in [9.17, 15) is 19.7 Å². The summed E-state index contributed by atoms with van der Waals surface area (Å²) in [4.78, 5) is 35.3. The molecule has 3 amide bonds. The minimum Gasteiger partial charge on any atom is -0.457 e. The molecule has 2 heterocycles. The van der Waals surface area contributed by atoms with Crippen LogP contribution in [0.5, 0.6) is 0 Å². The summed E-state index contributed by atoms with van der Waals surface area (Å²) in [5, 5.41) is 13.5. The van der Waals surface area contributed by atoms with E-state index in [1.807, 2.05) is 6.92 Å². The smallest absolute Gasteiger partial charge is 0.329 e. The highest BCUT2D eigenvalue weighted by Crippen LogP contribution is 2.32. The van der Waals surface area contributed by atoms with Gasteiger partial charge in [-0.05, 0) is 24.6 Å². The average molecular weight is 376 g/mol. The van der Waals surface area contributed by atoms with Crippen molar-refractivity contribution in [2.45, 2.75) is 13.3 Å². The van der Waals surface area contributed by atoms with E-state index in [2.05, 4.69) is 5.32 Å². The maximum absolute atomic E-state index is 12.2. The Hall–Kier alpha value is -3.13. The zero-order valence-corrected chi connectivity index (χ0v) is 14.4. The number of hydrogen-bond donors (Lipinski definition) is 1. The van der Waals surface area contributed by atoms with Crippen LogP contribution in [0.1, 0.15) is 19.1 Å². The van der Waals surface area contributed by atoms with Crippen molar-refractivity contribution in [3.8, 4) is 11.3 Å². The molecule has 1 aromatic carbocycles. The molecule has 0 bridgehead atoms. The first kappa shape index (κ1) is 17.7. The van der Waals surface area contributed by atoms with Gasteiger partial charge in [0.2, 0.25) is 0 Å². The van der Waals surface area contributed by atoms with E-state index in [4.69, 9.17) is 16.0 Å². The second-order valence-corrected chi connectivity index (χ2v) is 5.98. The molecule has 0 atom stereocenters. The summed E-state index contributed by atoms with van der Waals surface area (Å²) in [6, 6.07) is 6.83. The Morgan fingerprint density at radius 1 is 1.31 bits per heavy atom. The molecule has 0 unspecified atom stereocenters. The van der Waals surface area contributed by atoms with Gasteiger partial charge in [-0.15, -0.1) is 0 Å². The number of rotatable bonds is 5. The predicted octanol–water partition coefficient (Wildman–Crippen LogP) is 3.81. The normalized spacial score (nSPS) is 15.6. The molecule has 134 valence electrons. The van der Waals surface area contributed by atoms with Gasteiger partial charge in [0, 0.05) is 30.3 Å². The van der Waals surface area contributed by atoms with Crippen molar-refractivity contribution >= 4 is 35.3 Å². The average Bonchev–Trinajstić information content (AvgIpc) is 3.15. The van der Waals surface area contributed by atoms with E-state index in [-0.39, 0.29) is 16.4 Å². The van der Waals surface area contributed by atoms with Gasteiger partial charge >= 0.3 is 6.03 Å². The van der Waals surface area contributed by atoms with Crippen LogP contribution in [0.3, 0.4) is 0 Å². The molecule has 1 aromatic heterocycles. The van der Waals surface area contributed by atoms with E-state index < -0.39 is 16.9 Å². The summed E-state index contributed by atoms with van der Waals surface area (Å²) >= 11 is 6.09. The van der Waals surface area contributed by atoms with Crippen molar-refractivity contribution in [3.05, 3.63) is 56.9 Å². The van der Waals surface area contributed by atoms with Crippen LogP contribution in [0.4, 0.5) is 10.5 Å². The standard InChI is InChI=1S/C17H14ClN3O5/c1-2-7-20-16(22)14(19-17(20)23)9-11-4-6-15(26-11)12-5-3-10(21(24)25)8-13(12)18/h3-6,8-9H,2,7H2,1H3,(H,19,23)/b14-9+. The van der Waals surface area contributed by atoms with Crippen LogP contribution in [0, 0.1) is 10.1 Å². The summed E-state index contributed by atoms with van der Waals surface area (Å²) in [5.74, 6) is 0.318. The topological polar surface area (TPSA) is 106 Å². The number of urea groups is 1. The molecule has 3 rings (SSSR count). The maximum atomic E-state index is 12.2. The lowest BCUT2D eigenvalue weighted by Gasteiger charge is -2.08. The summed E-state index contributed by atoms with van der Waals surface area (Å²) < 4.78 is 5.64. The third-order valence-electron chi connectivity index (χ3n) is 3.75. The molecule has 1 aliphatic heterocycles. The van der Waals surface area contributed by atoms with Gasteiger partial charge in [-0.3, -0.25) is 19.8 Å². The van der Waals surface area contributed by atoms with E-state index in [0.29, 0.717) is 30.0 Å². The Kier molecular flexibility index (Phi) is 4.77. The molecule has 0 aliphatic carbocycles. The number of non-ortho nitro benzene ring substituents is 1. The van der Waals surface area contributed by atoms with Gasteiger partial charge in [0.25, 0.3) is 11.6 Å². The number of nitro benzene ring substituents is 1. The van der Waals surface area contributed by atoms with Gasteiger partial charge in [0.15, 0.2) is 0 Å². The number of nitrogens with one attached hydrogen (secondary N) is 1. The number of imide groups is 1. The largest absolute Gasteiger partial charge is 0.457 e. The number of hydrogen-bond acceptors (Lipinski definition) is 5. The number of furan rings is 1. The second-order valence-electron chi connectivity index (χ2n) is 5.57. The van der Waals surface area contributed by atoms with Gasteiger partial charge in [-0.1, -0.05) is 18.5 Å². The summed E-state index contributed by atoms with van der Waals surface area (Å²) in [5.41, 5.74) is 0.485. The van der Waals surface area contributed by atoms with Crippen LogP contribution in [-0.2, 0) is 4.79 Å². The van der Waals surface area contributed by atoms with Crippen LogP contribution in [0.15, 0.2) is 40.4 Å². The van der Waals surface area contributed by atoms with Gasteiger partial charge in [-0.2, -0.15) is 0 Å². The highest BCUT2D eigenvalue weighted by molar-refractivity contribution is 6.33. The molecule has 8 nitrogen and oxygen atoms in total. The van der Waals surface area contributed by atoms with Crippen LogP contribution >= 0.6 is 11.6 Å². The number of nitro groups is 1. The predicted molar refractivity (Wildman–Crippen MR) is 94.3 cm³/mol.